The number of rotatable bonds is 6. The Morgan fingerprint density at radius 1 is 0.288 bits per heavy atom. The first-order valence-corrected chi connectivity index (χ1v) is 17.8. The van der Waals surface area contributed by atoms with Gasteiger partial charge in [-0.15, -0.1) is 0 Å². The quantitative estimate of drug-likeness (QED) is 0.165. The Labute approximate surface area is 302 Å². The first-order valence-electron chi connectivity index (χ1n) is 17.8. The number of anilines is 3. The van der Waals surface area contributed by atoms with Crippen molar-refractivity contribution in [3.8, 4) is 33.4 Å². The molecule has 0 aliphatic heterocycles. The minimum Gasteiger partial charge on any atom is -0.456 e. The first-order chi connectivity index (χ1) is 25.8. The third-order valence-electron chi connectivity index (χ3n) is 10.3. The zero-order chi connectivity index (χ0) is 34.4. The molecule has 0 saturated heterocycles. The van der Waals surface area contributed by atoms with Crippen molar-refractivity contribution in [2.45, 2.75) is 0 Å². The molecule has 9 aromatic carbocycles. The molecular formula is C50H33NO. The number of para-hydroxylation sites is 1. The minimum atomic E-state index is 0.903. The highest BCUT2D eigenvalue weighted by atomic mass is 16.3. The molecule has 2 nitrogen and oxygen atoms in total. The van der Waals surface area contributed by atoms with Crippen LogP contribution in [0.25, 0.3) is 76.9 Å². The fourth-order valence-electron chi connectivity index (χ4n) is 7.67. The van der Waals surface area contributed by atoms with Crippen LogP contribution < -0.4 is 4.90 Å². The molecule has 0 amide bonds. The summed E-state index contributed by atoms with van der Waals surface area (Å²) in [5.41, 5.74) is 12.3. The topological polar surface area (TPSA) is 16.4 Å². The molecule has 0 unspecified atom stereocenters. The Balaban J connectivity index is 1.11. The van der Waals surface area contributed by atoms with Crippen LogP contribution in [0.5, 0.6) is 0 Å². The Morgan fingerprint density at radius 2 is 0.827 bits per heavy atom. The number of hydrogen-bond donors (Lipinski definition) is 0. The van der Waals surface area contributed by atoms with Crippen LogP contribution in [0.15, 0.2) is 205 Å². The van der Waals surface area contributed by atoms with E-state index in [0.29, 0.717) is 0 Å². The lowest BCUT2D eigenvalue weighted by Crippen LogP contribution is -2.10. The van der Waals surface area contributed by atoms with E-state index in [1.165, 1.54) is 43.8 Å². The van der Waals surface area contributed by atoms with Crippen molar-refractivity contribution in [1.82, 2.24) is 0 Å². The van der Waals surface area contributed by atoms with Gasteiger partial charge in [-0.2, -0.15) is 0 Å². The predicted octanol–water partition coefficient (Wildman–Crippen LogP) is 14.4. The van der Waals surface area contributed by atoms with E-state index in [4.69, 9.17) is 4.42 Å². The highest BCUT2D eigenvalue weighted by Crippen LogP contribution is 2.43. The zero-order valence-electron chi connectivity index (χ0n) is 28.4. The molecule has 52 heavy (non-hydrogen) atoms. The van der Waals surface area contributed by atoms with Crippen LogP contribution in [-0.4, -0.2) is 0 Å². The largest absolute Gasteiger partial charge is 0.456 e. The Bertz CT molecular complexity index is 2890. The van der Waals surface area contributed by atoms with Gasteiger partial charge in [0.1, 0.15) is 11.2 Å². The Morgan fingerprint density at radius 3 is 1.60 bits per heavy atom. The summed E-state index contributed by atoms with van der Waals surface area (Å²) in [6.45, 7) is 0. The summed E-state index contributed by atoms with van der Waals surface area (Å²) < 4.78 is 6.16. The molecule has 0 aliphatic rings. The van der Waals surface area contributed by atoms with Crippen LogP contribution in [0.2, 0.25) is 0 Å². The molecule has 2 heteroatoms. The van der Waals surface area contributed by atoms with Crippen molar-refractivity contribution in [2.24, 2.45) is 0 Å². The van der Waals surface area contributed by atoms with Gasteiger partial charge < -0.3 is 9.32 Å². The minimum absolute atomic E-state index is 0.903. The van der Waals surface area contributed by atoms with E-state index in [1.54, 1.807) is 0 Å². The van der Waals surface area contributed by atoms with E-state index >= 15 is 0 Å². The molecular weight excluding hydrogens is 631 g/mol. The second-order valence-corrected chi connectivity index (χ2v) is 13.3. The molecule has 0 bridgehead atoms. The van der Waals surface area contributed by atoms with Crippen LogP contribution >= 0.6 is 0 Å². The van der Waals surface area contributed by atoms with Gasteiger partial charge in [0.2, 0.25) is 0 Å². The summed E-state index contributed by atoms with van der Waals surface area (Å²) in [6, 6.07) is 71.8. The first kappa shape index (κ1) is 30.0. The lowest BCUT2D eigenvalue weighted by atomic mass is 9.97. The van der Waals surface area contributed by atoms with Crippen molar-refractivity contribution in [3.05, 3.63) is 200 Å². The molecule has 0 radical (unpaired) electrons. The van der Waals surface area contributed by atoms with Crippen molar-refractivity contribution in [1.29, 1.82) is 0 Å². The van der Waals surface area contributed by atoms with E-state index in [2.05, 4.69) is 193 Å². The van der Waals surface area contributed by atoms with Gasteiger partial charge >= 0.3 is 0 Å². The maximum absolute atomic E-state index is 6.16. The summed E-state index contributed by atoms with van der Waals surface area (Å²) >= 11 is 0. The van der Waals surface area contributed by atoms with Gasteiger partial charge in [-0.05, 0) is 98.1 Å². The van der Waals surface area contributed by atoms with Crippen LogP contribution in [0.1, 0.15) is 0 Å². The highest BCUT2D eigenvalue weighted by molar-refractivity contribution is 6.14. The fraction of sp³-hybridized carbons (Fsp3) is 0. The van der Waals surface area contributed by atoms with Crippen LogP contribution in [0.3, 0.4) is 0 Å². The van der Waals surface area contributed by atoms with Crippen molar-refractivity contribution in [2.75, 3.05) is 4.90 Å². The molecule has 10 aromatic rings. The predicted molar refractivity (Wildman–Crippen MR) is 220 cm³/mol. The number of hydrogen-bond acceptors (Lipinski definition) is 2. The van der Waals surface area contributed by atoms with Crippen LogP contribution in [0.4, 0.5) is 17.1 Å². The van der Waals surface area contributed by atoms with Crippen molar-refractivity contribution in [3.63, 3.8) is 0 Å². The van der Waals surface area contributed by atoms with Gasteiger partial charge in [-0.25, -0.2) is 0 Å². The highest BCUT2D eigenvalue weighted by Gasteiger charge is 2.18. The summed E-state index contributed by atoms with van der Waals surface area (Å²) in [6.07, 6.45) is 0. The molecule has 0 N–H and O–H groups in total. The smallest absolute Gasteiger partial charge is 0.135 e. The standard InChI is InChI=1S/C50H33NO/c1-2-11-34(12-3-1)35-21-23-36(24-22-35)37-25-28-41(29-26-37)51(48-33-40-13-4-5-16-43(40)44-17-6-7-18-45(44)48)42-15-10-14-38(31-42)39-27-30-50-47(32-39)46-19-8-9-20-49(46)52-50/h1-33H. The molecule has 0 saturated carbocycles. The van der Waals surface area contributed by atoms with Gasteiger partial charge in [0.25, 0.3) is 0 Å². The number of fused-ring (bicyclic) bond motifs is 6. The monoisotopic (exact) mass is 663 g/mol. The molecule has 0 atom stereocenters. The average molecular weight is 664 g/mol. The summed E-state index contributed by atoms with van der Waals surface area (Å²) in [7, 11) is 0. The number of benzene rings is 9. The molecule has 244 valence electrons. The zero-order valence-corrected chi connectivity index (χ0v) is 28.4. The SMILES string of the molecule is c1ccc(-c2ccc(-c3ccc(N(c4cccc(-c5ccc6oc7ccccc7c6c5)c4)c4cc5ccccc5c5ccccc45)cc3)cc2)cc1. The van der Waals surface area contributed by atoms with Gasteiger partial charge in [0, 0.05) is 27.5 Å². The van der Waals surface area contributed by atoms with E-state index in [-0.39, 0.29) is 0 Å². The summed E-state index contributed by atoms with van der Waals surface area (Å²) in [5, 5.41) is 7.18. The lowest BCUT2D eigenvalue weighted by Gasteiger charge is -2.28. The average Bonchev–Trinajstić information content (AvgIpc) is 3.60. The molecule has 10 rings (SSSR count). The Hall–Kier alpha value is -6.90. The molecule has 1 aromatic heterocycles. The fourth-order valence-corrected chi connectivity index (χ4v) is 7.67. The molecule has 1 heterocycles. The number of nitrogens with zero attached hydrogens (tertiary/aromatic N) is 1. The second kappa shape index (κ2) is 12.5. The number of furan rings is 1. The van der Waals surface area contributed by atoms with Gasteiger partial charge in [0.05, 0.1) is 5.69 Å². The van der Waals surface area contributed by atoms with E-state index in [9.17, 15) is 0 Å². The molecule has 0 fully saturated rings. The van der Waals surface area contributed by atoms with E-state index in [1.807, 2.05) is 12.1 Å². The van der Waals surface area contributed by atoms with E-state index < -0.39 is 0 Å². The van der Waals surface area contributed by atoms with Crippen LogP contribution in [-0.2, 0) is 0 Å². The van der Waals surface area contributed by atoms with Crippen molar-refractivity contribution >= 4 is 60.5 Å². The van der Waals surface area contributed by atoms with Gasteiger partial charge in [-0.3, -0.25) is 0 Å². The van der Waals surface area contributed by atoms with Gasteiger partial charge in [0.15, 0.2) is 0 Å². The lowest BCUT2D eigenvalue weighted by molar-refractivity contribution is 0.669. The van der Waals surface area contributed by atoms with Crippen LogP contribution in [0, 0.1) is 0 Å². The third kappa shape index (κ3) is 5.21. The Kier molecular flexibility index (Phi) is 7.18. The third-order valence-corrected chi connectivity index (χ3v) is 10.3. The van der Waals surface area contributed by atoms with Gasteiger partial charge in [-0.1, -0.05) is 152 Å². The van der Waals surface area contributed by atoms with E-state index in [0.717, 1.165) is 50.1 Å². The maximum atomic E-state index is 6.16. The molecule has 0 aliphatic carbocycles. The van der Waals surface area contributed by atoms with Crippen molar-refractivity contribution < 1.29 is 4.42 Å². The maximum Gasteiger partial charge on any atom is 0.135 e. The summed E-state index contributed by atoms with van der Waals surface area (Å²) in [5.74, 6) is 0. The normalized spacial score (nSPS) is 11.5. The molecule has 0 spiro atoms. The summed E-state index contributed by atoms with van der Waals surface area (Å²) in [4.78, 5) is 2.41. The second-order valence-electron chi connectivity index (χ2n) is 13.3.